The second-order valence-corrected chi connectivity index (χ2v) is 6.62. The van der Waals surface area contributed by atoms with Crippen molar-refractivity contribution in [3.8, 4) is 0 Å². The molecule has 2 amide bonds. The van der Waals surface area contributed by atoms with Gasteiger partial charge < -0.3 is 0 Å². The maximum atomic E-state index is 13.0. The van der Waals surface area contributed by atoms with Crippen LogP contribution in [0.15, 0.2) is 54.5 Å². The monoisotopic (exact) mass is 405 g/mol. The van der Waals surface area contributed by atoms with Crippen LogP contribution in [0.4, 0.5) is 23.7 Å². The number of aromatic nitrogens is 1. The van der Waals surface area contributed by atoms with Crippen molar-refractivity contribution in [2.24, 2.45) is 0 Å². The highest BCUT2D eigenvalue weighted by molar-refractivity contribution is 5.96. The van der Waals surface area contributed by atoms with Crippen molar-refractivity contribution in [3.63, 3.8) is 0 Å². The van der Waals surface area contributed by atoms with E-state index in [0.29, 0.717) is 18.8 Å². The number of urea groups is 1. The summed E-state index contributed by atoms with van der Waals surface area (Å²) in [6, 6.07) is -0.303. The molecule has 0 aromatic carbocycles. The molecule has 0 spiro atoms. The molecule has 7 heteroatoms. The number of carbonyl (C=O) groups excluding carboxylic acids is 1. The largest absolute Gasteiger partial charge is 0.412 e. The number of alkyl halides is 3. The summed E-state index contributed by atoms with van der Waals surface area (Å²) >= 11 is 0. The first kappa shape index (κ1) is 22.5. The first-order valence-electron chi connectivity index (χ1n) is 9.55. The lowest BCUT2D eigenvalue weighted by molar-refractivity contribution is -0.0913. The van der Waals surface area contributed by atoms with Crippen LogP contribution in [0.3, 0.4) is 0 Å². The molecule has 0 radical (unpaired) electrons. The Labute approximate surface area is 169 Å². The average Bonchev–Trinajstić information content (AvgIpc) is 3.06. The molecule has 29 heavy (non-hydrogen) atoms. The van der Waals surface area contributed by atoms with Gasteiger partial charge >= 0.3 is 12.2 Å². The summed E-state index contributed by atoms with van der Waals surface area (Å²) in [5, 5.41) is 0. The van der Waals surface area contributed by atoms with E-state index in [-0.39, 0.29) is 6.03 Å². The van der Waals surface area contributed by atoms with Crippen molar-refractivity contribution >= 4 is 17.8 Å². The molecule has 1 aliphatic heterocycles. The van der Waals surface area contributed by atoms with Crippen molar-refractivity contribution in [3.05, 3.63) is 65.7 Å². The van der Waals surface area contributed by atoms with Gasteiger partial charge in [0.25, 0.3) is 0 Å². The van der Waals surface area contributed by atoms with E-state index in [1.54, 1.807) is 17.3 Å². The van der Waals surface area contributed by atoms with Crippen molar-refractivity contribution in [1.29, 1.82) is 0 Å². The zero-order valence-corrected chi connectivity index (χ0v) is 17.0. The van der Waals surface area contributed by atoms with Crippen LogP contribution in [0.2, 0.25) is 0 Å². The zero-order chi connectivity index (χ0) is 21.6. The van der Waals surface area contributed by atoms with Crippen LogP contribution in [0.25, 0.3) is 6.08 Å². The minimum absolute atomic E-state index is 0.303. The Morgan fingerprint density at radius 3 is 2.55 bits per heavy atom. The van der Waals surface area contributed by atoms with E-state index in [1.165, 1.54) is 17.1 Å². The van der Waals surface area contributed by atoms with E-state index in [4.69, 9.17) is 0 Å². The number of hydrogen-bond acceptors (Lipinski definition) is 2. The first-order valence-corrected chi connectivity index (χ1v) is 9.55. The molecular weight excluding hydrogens is 379 g/mol. The number of rotatable bonds is 7. The molecule has 0 unspecified atom stereocenters. The Hall–Kier alpha value is -2.83. The average molecular weight is 405 g/mol. The van der Waals surface area contributed by atoms with Gasteiger partial charge in [0, 0.05) is 30.6 Å². The molecule has 1 fully saturated rings. The van der Waals surface area contributed by atoms with Crippen LogP contribution < -0.4 is 4.90 Å². The second kappa shape index (κ2) is 9.58. The molecule has 0 atom stereocenters. The van der Waals surface area contributed by atoms with Crippen LogP contribution in [0.1, 0.15) is 38.3 Å². The summed E-state index contributed by atoms with van der Waals surface area (Å²) in [7, 11) is 0. The Kier molecular flexibility index (Phi) is 7.42. The van der Waals surface area contributed by atoms with Crippen molar-refractivity contribution in [1.82, 2.24) is 9.88 Å². The zero-order valence-electron chi connectivity index (χ0n) is 17.0. The molecule has 0 aliphatic carbocycles. The number of nitrogens with zero attached hydrogens (tertiary/aromatic N) is 3. The normalized spacial score (nSPS) is 16.3. The van der Waals surface area contributed by atoms with Gasteiger partial charge in [-0.05, 0) is 43.0 Å². The number of hydrogen-bond donors (Lipinski definition) is 0. The molecule has 0 N–H and O–H groups in total. The maximum Gasteiger partial charge on any atom is 0.412 e. The minimum atomic E-state index is -4.40. The van der Waals surface area contributed by atoms with Gasteiger partial charge in [-0.15, -0.1) is 0 Å². The topological polar surface area (TPSA) is 36.4 Å². The van der Waals surface area contributed by atoms with Gasteiger partial charge in [0.15, 0.2) is 0 Å². The van der Waals surface area contributed by atoms with Gasteiger partial charge in [-0.25, -0.2) is 4.79 Å². The summed E-state index contributed by atoms with van der Waals surface area (Å²) in [4.78, 5) is 20.3. The summed E-state index contributed by atoms with van der Waals surface area (Å²) in [6.07, 6.45) is 8.29. The fraction of sp³-hybridized carbons (Fsp3) is 0.364. The SMILES string of the molecule is C=C/C(=C\C=C(/C)C(F)(F)F)N1CCN(c2cncc(/C=C\CC)c2CC)C1=O. The third-order valence-corrected chi connectivity index (χ3v) is 4.73. The fourth-order valence-corrected chi connectivity index (χ4v) is 3.07. The van der Waals surface area contributed by atoms with Crippen molar-refractivity contribution in [2.45, 2.75) is 39.8 Å². The van der Waals surface area contributed by atoms with Gasteiger partial charge in [-0.2, -0.15) is 13.2 Å². The quantitative estimate of drug-likeness (QED) is 0.531. The number of carbonyl (C=O) groups is 1. The highest BCUT2D eigenvalue weighted by Gasteiger charge is 2.33. The van der Waals surface area contributed by atoms with Crippen LogP contribution in [0, 0.1) is 0 Å². The summed E-state index contributed by atoms with van der Waals surface area (Å²) in [5.41, 5.74) is 2.28. The Balaban J connectivity index is 2.34. The van der Waals surface area contributed by atoms with Gasteiger partial charge in [0.05, 0.1) is 11.9 Å². The molecule has 0 bridgehead atoms. The van der Waals surface area contributed by atoms with E-state index in [9.17, 15) is 18.0 Å². The number of pyridine rings is 1. The van der Waals surface area contributed by atoms with Crippen LogP contribution in [0.5, 0.6) is 0 Å². The molecule has 1 aromatic heterocycles. The molecule has 1 saturated heterocycles. The standard InChI is InChI=1S/C22H26F3N3O/c1-5-8-9-17-14-26-15-20(19(17)7-3)28-13-12-27(21(28)29)18(6-2)11-10-16(4)22(23,24)25/h6,8-11,14-15H,2,5,7,12-13H2,1,3-4H3/b9-8-,16-10+,18-11+. The third kappa shape index (κ3) is 5.16. The Morgan fingerprint density at radius 2 is 1.97 bits per heavy atom. The third-order valence-electron chi connectivity index (χ3n) is 4.73. The molecule has 1 aromatic rings. The molecule has 156 valence electrons. The van der Waals surface area contributed by atoms with Gasteiger partial charge in [-0.3, -0.25) is 14.8 Å². The first-order chi connectivity index (χ1) is 13.7. The number of allylic oxidation sites excluding steroid dienone is 5. The molecule has 1 aliphatic rings. The van der Waals surface area contributed by atoms with E-state index in [2.05, 4.69) is 11.6 Å². The lowest BCUT2D eigenvalue weighted by Gasteiger charge is -2.22. The highest BCUT2D eigenvalue weighted by Crippen LogP contribution is 2.30. The smallest absolute Gasteiger partial charge is 0.292 e. The van der Waals surface area contributed by atoms with Crippen molar-refractivity contribution in [2.75, 3.05) is 18.0 Å². The van der Waals surface area contributed by atoms with E-state index >= 15 is 0 Å². The van der Waals surface area contributed by atoms with Crippen molar-refractivity contribution < 1.29 is 18.0 Å². The predicted molar refractivity (Wildman–Crippen MR) is 110 cm³/mol. The summed E-state index contributed by atoms with van der Waals surface area (Å²) in [6.45, 7) is 9.47. The van der Waals surface area contributed by atoms with Gasteiger partial charge in [-0.1, -0.05) is 38.7 Å². The molecule has 2 rings (SSSR count). The van der Waals surface area contributed by atoms with E-state index in [1.807, 2.05) is 26.0 Å². The molecule has 2 heterocycles. The lowest BCUT2D eigenvalue weighted by Crippen LogP contribution is -2.31. The van der Waals surface area contributed by atoms with Gasteiger partial charge in [0.2, 0.25) is 0 Å². The molecular formula is C22H26F3N3O. The number of halogens is 3. The Bertz CT molecular complexity index is 853. The van der Waals surface area contributed by atoms with E-state index in [0.717, 1.165) is 42.7 Å². The number of anilines is 1. The maximum absolute atomic E-state index is 13.0. The highest BCUT2D eigenvalue weighted by atomic mass is 19.4. The fourth-order valence-electron chi connectivity index (χ4n) is 3.07. The van der Waals surface area contributed by atoms with Crippen LogP contribution in [-0.2, 0) is 6.42 Å². The summed E-state index contributed by atoms with van der Waals surface area (Å²) < 4.78 is 38.2. The van der Waals surface area contributed by atoms with Crippen LogP contribution in [-0.4, -0.2) is 35.2 Å². The minimum Gasteiger partial charge on any atom is -0.292 e. The van der Waals surface area contributed by atoms with E-state index < -0.39 is 11.7 Å². The Morgan fingerprint density at radius 1 is 1.24 bits per heavy atom. The lowest BCUT2D eigenvalue weighted by atomic mass is 10.0. The second-order valence-electron chi connectivity index (χ2n) is 6.62. The summed E-state index contributed by atoms with van der Waals surface area (Å²) in [5.74, 6) is 0. The predicted octanol–water partition coefficient (Wildman–Crippen LogP) is 5.89. The molecule has 4 nitrogen and oxygen atoms in total. The molecule has 0 saturated carbocycles. The van der Waals surface area contributed by atoms with Crippen LogP contribution >= 0.6 is 0 Å². The number of amides is 2. The van der Waals surface area contributed by atoms with Gasteiger partial charge in [0.1, 0.15) is 0 Å².